The van der Waals surface area contributed by atoms with Gasteiger partial charge in [-0.2, -0.15) is 18.2 Å². The number of hydrogen-bond donors (Lipinski definition) is 3. The summed E-state index contributed by atoms with van der Waals surface area (Å²) in [5.74, 6) is 0.728. The smallest absolute Gasteiger partial charge is 0.396 e. The van der Waals surface area contributed by atoms with Crippen LogP contribution in [0.15, 0.2) is 59.6 Å². The minimum absolute atomic E-state index is 0.0295. The number of aromatic nitrogens is 3. The van der Waals surface area contributed by atoms with Gasteiger partial charge in [-0.25, -0.2) is 4.98 Å². The lowest BCUT2D eigenvalue weighted by Gasteiger charge is -2.12. The van der Waals surface area contributed by atoms with E-state index < -0.39 is 5.51 Å². The van der Waals surface area contributed by atoms with Crippen molar-refractivity contribution in [3.05, 3.63) is 54.7 Å². The van der Waals surface area contributed by atoms with E-state index in [2.05, 4.69) is 25.6 Å². The summed E-state index contributed by atoms with van der Waals surface area (Å²) in [4.78, 5) is 13.1. The van der Waals surface area contributed by atoms with Gasteiger partial charge >= 0.3 is 5.51 Å². The van der Waals surface area contributed by atoms with E-state index in [4.69, 9.17) is 5.11 Å². The fraction of sp³-hybridized carbons (Fsp3) is 0.211. The number of aliphatic hydroxyl groups excluding tert-OH is 1. The third kappa shape index (κ3) is 6.61. The number of rotatable bonds is 8. The molecule has 0 bridgehead atoms. The van der Waals surface area contributed by atoms with E-state index >= 15 is 0 Å². The van der Waals surface area contributed by atoms with Crippen LogP contribution >= 0.6 is 11.8 Å². The van der Waals surface area contributed by atoms with Crippen molar-refractivity contribution in [2.24, 2.45) is 0 Å². The van der Waals surface area contributed by atoms with Crippen molar-refractivity contribution in [2.75, 3.05) is 23.8 Å². The molecule has 1 aromatic carbocycles. The van der Waals surface area contributed by atoms with Gasteiger partial charge in [-0.3, -0.25) is 4.98 Å². The highest BCUT2D eigenvalue weighted by atomic mass is 32.2. The molecule has 0 spiro atoms. The number of pyridine rings is 1. The summed E-state index contributed by atoms with van der Waals surface area (Å²) in [6.07, 6.45) is 2.16. The Morgan fingerprint density at radius 3 is 2.59 bits per heavy atom. The summed E-state index contributed by atoms with van der Waals surface area (Å²) >= 11 is -0.177. The number of hydrogen-bond acceptors (Lipinski definition) is 7. The molecule has 0 saturated heterocycles. The lowest BCUT2D eigenvalue weighted by atomic mass is 10.2. The van der Waals surface area contributed by atoms with E-state index in [-0.39, 0.29) is 23.3 Å². The van der Waals surface area contributed by atoms with Crippen LogP contribution in [0, 0.1) is 0 Å². The molecule has 2 heterocycles. The number of alkyl halides is 3. The Kier molecular flexibility index (Phi) is 6.89. The van der Waals surface area contributed by atoms with Crippen molar-refractivity contribution in [1.82, 2.24) is 15.0 Å². The Balaban J connectivity index is 1.87. The predicted octanol–water partition coefficient (Wildman–Crippen LogP) is 4.69. The maximum Gasteiger partial charge on any atom is 0.446 e. The molecule has 3 N–H and O–H groups in total. The number of aliphatic hydroxyl groups is 1. The quantitative estimate of drug-likeness (QED) is 0.360. The fourth-order valence-corrected chi connectivity index (χ4v) is 3.03. The van der Waals surface area contributed by atoms with Crippen molar-refractivity contribution in [3.8, 4) is 11.4 Å². The van der Waals surface area contributed by atoms with Crippen LogP contribution in [0.3, 0.4) is 0 Å². The first-order valence-electron chi connectivity index (χ1n) is 8.71. The van der Waals surface area contributed by atoms with Gasteiger partial charge in [0.15, 0.2) is 0 Å². The second kappa shape index (κ2) is 9.57. The third-order valence-electron chi connectivity index (χ3n) is 3.61. The van der Waals surface area contributed by atoms with Crippen molar-refractivity contribution < 1.29 is 18.3 Å². The maximum absolute atomic E-state index is 12.6. The molecular formula is C19H18F3N5OS. The molecule has 0 unspecified atom stereocenters. The molecule has 0 radical (unpaired) electrons. The molecule has 152 valence electrons. The van der Waals surface area contributed by atoms with Crippen LogP contribution in [0.25, 0.3) is 11.4 Å². The number of anilines is 3. The van der Waals surface area contributed by atoms with E-state index in [9.17, 15) is 13.2 Å². The van der Waals surface area contributed by atoms with Crippen molar-refractivity contribution in [3.63, 3.8) is 0 Å². The minimum atomic E-state index is -4.36. The Morgan fingerprint density at radius 1 is 1.00 bits per heavy atom. The second-order valence-corrected chi connectivity index (χ2v) is 7.02. The van der Waals surface area contributed by atoms with Gasteiger partial charge < -0.3 is 15.7 Å². The summed E-state index contributed by atoms with van der Waals surface area (Å²) in [5.41, 5.74) is -2.71. The molecular weight excluding hydrogens is 403 g/mol. The lowest BCUT2D eigenvalue weighted by molar-refractivity contribution is -0.0328. The molecule has 0 fully saturated rings. The zero-order valence-corrected chi connectivity index (χ0v) is 16.0. The SMILES string of the molecule is OCCCNc1nc(Nc2cccc(SC(F)(F)F)c2)cc(-c2ccccn2)n1. The predicted molar refractivity (Wildman–Crippen MR) is 107 cm³/mol. The summed E-state index contributed by atoms with van der Waals surface area (Å²) < 4.78 is 37.9. The van der Waals surface area contributed by atoms with E-state index in [1.165, 1.54) is 18.2 Å². The average molecular weight is 421 g/mol. The molecule has 0 amide bonds. The molecule has 2 aromatic heterocycles. The highest BCUT2D eigenvalue weighted by Crippen LogP contribution is 2.37. The minimum Gasteiger partial charge on any atom is -0.396 e. The summed E-state index contributed by atoms with van der Waals surface area (Å²) in [7, 11) is 0. The van der Waals surface area contributed by atoms with Crippen molar-refractivity contribution in [2.45, 2.75) is 16.8 Å². The van der Waals surface area contributed by atoms with Crippen LogP contribution < -0.4 is 10.6 Å². The van der Waals surface area contributed by atoms with Gasteiger partial charge in [0.05, 0.1) is 11.4 Å². The first-order valence-corrected chi connectivity index (χ1v) is 9.53. The monoisotopic (exact) mass is 421 g/mol. The van der Waals surface area contributed by atoms with Crippen LogP contribution in [0.4, 0.5) is 30.6 Å². The molecule has 0 saturated carbocycles. The summed E-state index contributed by atoms with van der Waals surface area (Å²) in [6, 6.07) is 13.1. The maximum atomic E-state index is 12.6. The first-order chi connectivity index (χ1) is 13.9. The van der Waals surface area contributed by atoms with Crippen molar-refractivity contribution >= 4 is 29.2 Å². The van der Waals surface area contributed by atoms with Crippen LogP contribution in [0.1, 0.15) is 6.42 Å². The largest absolute Gasteiger partial charge is 0.446 e. The summed E-state index contributed by atoms with van der Waals surface area (Å²) in [6.45, 7) is 0.501. The topological polar surface area (TPSA) is 83.0 Å². The first kappa shape index (κ1) is 20.9. The highest BCUT2D eigenvalue weighted by Gasteiger charge is 2.29. The third-order valence-corrected chi connectivity index (χ3v) is 4.33. The number of thioether (sulfide) groups is 1. The van der Waals surface area contributed by atoms with Crippen LogP contribution in [0.5, 0.6) is 0 Å². The molecule has 10 heteroatoms. The van der Waals surface area contributed by atoms with E-state index in [1.807, 2.05) is 6.07 Å². The van der Waals surface area contributed by atoms with Gasteiger partial charge in [-0.1, -0.05) is 12.1 Å². The molecule has 3 rings (SSSR count). The summed E-state index contributed by atoms with van der Waals surface area (Å²) in [5, 5.41) is 15.0. The number of halogens is 3. The zero-order chi connectivity index (χ0) is 20.7. The van der Waals surface area contributed by atoms with Gasteiger partial charge in [-0.15, -0.1) is 0 Å². The molecule has 6 nitrogen and oxygen atoms in total. The number of nitrogens with zero attached hydrogens (tertiary/aromatic N) is 3. The van der Waals surface area contributed by atoms with Gasteiger partial charge in [0.2, 0.25) is 5.95 Å². The standard InChI is InChI=1S/C19H18F3N5OS/c20-19(21,22)29-14-6-3-5-13(11-14)25-17-12-16(15-7-1-2-8-23-15)26-18(27-17)24-9-4-10-28/h1-3,5-8,11-12,28H,4,9-10H2,(H2,24,25,26,27). The molecule has 0 atom stereocenters. The molecule has 29 heavy (non-hydrogen) atoms. The van der Waals surface area contributed by atoms with Gasteiger partial charge in [-0.05, 0) is 48.5 Å². The Hall–Kier alpha value is -2.85. The molecule has 0 aliphatic carbocycles. The van der Waals surface area contributed by atoms with Crippen LogP contribution in [-0.2, 0) is 0 Å². The fourth-order valence-electron chi connectivity index (χ4n) is 2.43. The van der Waals surface area contributed by atoms with Crippen LogP contribution in [0.2, 0.25) is 0 Å². The van der Waals surface area contributed by atoms with Gasteiger partial charge in [0.1, 0.15) is 5.82 Å². The van der Waals surface area contributed by atoms with Crippen molar-refractivity contribution in [1.29, 1.82) is 0 Å². The Labute approximate surface area is 169 Å². The number of benzene rings is 1. The average Bonchev–Trinajstić information content (AvgIpc) is 2.68. The normalized spacial score (nSPS) is 11.3. The van der Waals surface area contributed by atoms with Crippen LogP contribution in [-0.4, -0.2) is 38.7 Å². The molecule has 0 aliphatic heterocycles. The van der Waals surface area contributed by atoms with Gasteiger partial charge in [0, 0.05) is 36.0 Å². The second-order valence-electron chi connectivity index (χ2n) is 5.88. The van der Waals surface area contributed by atoms with E-state index in [1.54, 1.807) is 30.5 Å². The Bertz CT molecular complexity index is 941. The van der Waals surface area contributed by atoms with Gasteiger partial charge in [0.25, 0.3) is 0 Å². The molecule has 3 aromatic rings. The molecule has 0 aliphatic rings. The number of nitrogens with one attached hydrogen (secondary N) is 2. The highest BCUT2D eigenvalue weighted by molar-refractivity contribution is 8.00. The Morgan fingerprint density at radius 2 is 1.86 bits per heavy atom. The zero-order valence-electron chi connectivity index (χ0n) is 15.1. The van der Waals surface area contributed by atoms with E-state index in [0.29, 0.717) is 41.8 Å². The lowest BCUT2D eigenvalue weighted by Crippen LogP contribution is -2.09. The van der Waals surface area contributed by atoms with E-state index in [0.717, 1.165) is 0 Å².